The summed E-state index contributed by atoms with van der Waals surface area (Å²) in [5, 5.41) is 8.86. The zero-order valence-electron chi connectivity index (χ0n) is 5.94. The second kappa shape index (κ2) is 10.5. The van der Waals surface area contributed by atoms with Gasteiger partial charge in [-0.1, -0.05) is 7.43 Å². The molecule has 1 rings (SSSR count). The molecule has 74 valence electrons. The molecule has 3 N–H and O–H groups in total. The Balaban J connectivity index is -0.0000000800. The molecule has 0 aliphatic carbocycles. The molecule has 5 heteroatoms. The lowest BCUT2D eigenvalue weighted by molar-refractivity contribution is 0.467. The number of rotatable bonds is 0. The van der Waals surface area contributed by atoms with Gasteiger partial charge in [-0.15, -0.1) is 24.8 Å². The van der Waals surface area contributed by atoms with E-state index in [1.54, 1.807) is 25.3 Å². The molecule has 0 spiro atoms. The summed E-state index contributed by atoms with van der Waals surface area (Å²) in [4.78, 5) is 3.83. The predicted molar refractivity (Wildman–Crippen MR) is 55.5 cm³/mol. The summed E-state index contributed by atoms with van der Waals surface area (Å²) in [5.41, 5.74) is 0.674. The molecule has 1 heterocycles. The van der Waals surface area contributed by atoms with Gasteiger partial charge < -0.3 is 10.6 Å². The van der Waals surface area contributed by atoms with E-state index in [2.05, 4.69) is 4.98 Å². The Morgan fingerprint density at radius 3 is 2.08 bits per heavy atom. The third-order valence-corrected chi connectivity index (χ3v) is 0.979. The Morgan fingerprint density at radius 1 is 1.33 bits per heavy atom. The highest BCUT2D eigenvalue weighted by Crippen LogP contribution is 2.08. The SMILES string of the molecule is C.Cc1ncccc1O.Cl.Cl.O. The number of pyridine rings is 1. The summed E-state index contributed by atoms with van der Waals surface area (Å²) in [6, 6.07) is 3.31. The van der Waals surface area contributed by atoms with Crippen LogP contribution in [-0.2, 0) is 0 Å². The molecule has 12 heavy (non-hydrogen) atoms. The van der Waals surface area contributed by atoms with E-state index in [0.29, 0.717) is 5.69 Å². The van der Waals surface area contributed by atoms with Gasteiger partial charge in [0.2, 0.25) is 0 Å². The van der Waals surface area contributed by atoms with Crippen LogP contribution >= 0.6 is 24.8 Å². The van der Waals surface area contributed by atoms with Crippen LogP contribution in [0.25, 0.3) is 0 Å². The third-order valence-electron chi connectivity index (χ3n) is 0.979. The zero-order valence-corrected chi connectivity index (χ0v) is 7.58. The highest BCUT2D eigenvalue weighted by molar-refractivity contribution is 5.85. The van der Waals surface area contributed by atoms with Crippen molar-refractivity contribution in [3.8, 4) is 5.75 Å². The third kappa shape index (κ3) is 6.22. The van der Waals surface area contributed by atoms with Crippen molar-refractivity contribution in [1.29, 1.82) is 0 Å². The first-order valence-corrected chi connectivity index (χ1v) is 2.41. The van der Waals surface area contributed by atoms with Crippen molar-refractivity contribution < 1.29 is 10.6 Å². The molecular formula is C7H15Cl2NO2. The first-order chi connectivity index (χ1) is 3.80. The predicted octanol–water partition coefficient (Wildman–Crippen LogP) is 1.75. The zero-order chi connectivity index (χ0) is 5.98. The number of aromatic nitrogens is 1. The van der Waals surface area contributed by atoms with E-state index in [9.17, 15) is 0 Å². The summed E-state index contributed by atoms with van der Waals surface area (Å²) < 4.78 is 0. The Hall–Kier alpha value is -0.510. The smallest absolute Gasteiger partial charge is 0.136 e. The normalized spacial score (nSPS) is 6.08. The van der Waals surface area contributed by atoms with Gasteiger partial charge in [-0.3, -0.25) is 4.98 Å². The highest BCUT2D eigenvalue weighted by atomic mass is 35.5. The van der Waals surface area contributed by atoms with Gasteiger partial charge in [0.1, 0.15) is 5.75 Å². The van der Waals surface area contributed by atoms with Gasteiger partial charge in [0, 0.05) is 6.20 Å². The van der Waals surface area contributed by atoms with Crippen LogP contribution in [0, 0.1) is 6.92 Å². The monoisotopic (exact) mass is 215 g/mol. The molecule has 0 atom stereocenters. The fourth-order valence-corrected chi connectivity index (χ4v) is 0.476. The number of hydrogen-bond donors (Lipinski definition) is 1. The molecule has 0 radical (unpaired) electrons. The van der Waals surface area contributed by atoms with Gasteiger partial charge >= 0.3 is 0 Å². The first-order valence-electron chi connectivity index (χ1n) is 2.41. The second-order valence-corrected chi connectivity index (χ2v) is 1.61. The summed E-state index contributed by atoms with van der Waals surface area (Å²) in [7, 11) is 0. The van der Waals surface area contributed by atoms with E-state index in [0.717, 1.165) is 0 Å². The maximum absolute atomic E-state index is 8.86. The average molecular weight is 216 g/mol. The Morgan fingerprint density at radius 2 is 1.83 bits per heavy atom. The first kappa shape index (κ1) is 22.5. The van der Waals surface area contributed by atoms with Gasteiger partial charge in [-0.2, -0.15) is 0 Å². The molecule has 1 aromatic heterocycles. The average Bonchev–Trinajstić information content (AvgIpc) is 1.77. The van der Waals surface area contributed by atoms with Gasteiger partial charge in [-0.25, -0.2) is 0 Å². The number of halogens is 2. The molecule has 0 saturated carbocycles. The quantitative estimate of drug-likeness (QED) is 0.717. The molecule has 0 fully saturated rings. The van der Waals surface area contributed by atoms with E-state index in [1.807, 2.05) is 0 Å². The van der Waals surface area contributed by atoms with Crippen molar-refractivity contribution in [2.75, 3.05) is 0 Å². The summed E-state index contributed by atoms with van der Waals surface area (Å²) in [5.74, 6) is 0.257. The number of aryl methyl sites for hydroxylation is 1. The molecule has 0 aliphatic rings. The van der Waals surface area contributed by atoms with Gasteiger partial charge in [-0.05, 0) is 19.1 Å². The fourth-order valence-electron chi connectivity index (χ4n) is 0.476. The minimum atomic E-state index is 0. The lowest BCUT2D eigenvalue weighted by Gasteiger charge is -1.91. The Kier molecular flexibility index (Phi) is 19.7. The molecule has 0 unspecified atom stereocenters. The maximum Gasteiger partial charge on any atom is 0.136 e. The van der Waals surface area contributed by atoms with Crippen LogP contribution in [0.1, 0.15) is 13.1 Å². The van der Waals surface area contributed by atoms with Crippen LogP contribution < -0.4 is 0 Å². The van der Waals surface area contributed by atoms with E-state index >= 15 is 0 Å². The van der Waals surface area contributed by atoms with Crippen LogP contribution in [-0.4, -0.2) is 15.6 Å². The van der Waals surface area contributed by atoms with Crippen molar-refractivity contribution in [3.63, 3.8) is 0 Å². The largest absolute Gasteiger partial charge is 0.506 e. The number of aromatic hydroxyl groups is 1. The van der Waals surface area contributed by atoms with E-state index in [-0.39, 0.29) is 43.5 Å². The summed E-state index contributed by atoms with van der Waals surface area (Å²) in [6.07, 6.45) is 1.65. The lowest BCUT2D eigenvalue weighted by Crippen LogP contribution is -1.76. The number of nitrogens with zero attached hydrogens (tertiary/aromatic N) is 1. The van der Waals surface area contributed by atoms with Crippen LogP contribution in [0.3, 0.4) is 0 Å². The Bertz CT molecular complexity index is 176. The second-order valence-electron chi connectivity index (χ2n) is 1.61. The molecule has 0 amide bonds. The summed E-state index contributed by atoms with van der Waals surface area (Å²) >= 11 is 0. The van der Waals surface area contributed by atoms with Gasteiger partial charge in [0.05, 0.1) is 5.69 Å². The van der Waals surface area contributed by atoms with Crippen molar-refractivity contribution in [2.24, 2.45) is 0 Å². The minimum absolute atomic E-state index is 0. The van der Waals surface area contributed by atoms with Gasteiger partial charge in [0.25, 0.3) is 0 Å². The van der Waals surface area contributed by atoms with Crippen LogP contribution in [0.2, 0.25) is 0 Å². The molecule has 3 nitrogen and oxygen atoms in total. The van der Waals surface area contributed by atoms with Crippen molar-refractivity contribution in [1.82, 2.24) is 4.98 Å². The minimum Gasteiger partial charge on any atom is -0.506 e. The molecule has 0 aliphatic heterocycles. The van der Waals surface area contributed by atoms with E-state index in [1.165, 1.54) is 0 Å². The lowest BCUT2D eigenvalue weighted by atomic mass is 10.3. The van der Waals surface area contributed by atoms with Crippen LogP contribution in [0.5, 0.6) is 5.75 Å². The van der Waals surface area contributed by atoms with Crippen LogP contribution in [0.15, 0.2) is 18.3 Å². The maximum atomic E-state index is 8.86. The van der Waals surface area contributed by atoms with E-state index in [4.69, 9.17) is 5.11 Å². The topological polar surface area (TPSA) is 64.6 Å². The molecule has 0 saturated heterocycles. The Labute approximate surface area is 85.0 Å². The molecule has 1 aromatic rings. The van der Waals surface area contributed by atoms with Gasteiger partial charge in [0.15, 0.2) is 0 Å². The van der Waals surface area contributed by atoms with Crippen LogP contribution in [0.4, 0.5) is 0 Å². The fraction of sp³-hybridized carbons (Fsp3) is 0.286. The van der Waals surface area contributed by atoms with E-state index < -0.39 is 0 Å². The van der Waals surface area contributed by atoms with Crippen molar-refractivity contribution in [2.45, 2.75) is 14.4 Å². The van der Waals surface area contributed by atoms with Crippen molar-refractivity contribution in [3.05, 3.63) is 24.0 Å². The molecule has 0 aromatic carbocycles. The van der Waals surface area contributed by atoms with Crippen molar-refractivity contribution >= 4 is 24.8 Å². The highest BCUT2D eigenvalue weighted by Gasteiger charge is 1.88. The molecular weight excluding hydrogens is 201 g/mol. The standard InChI is InChI=1S/C6H7NO.CH4.2ClH.H2O/c1-5-6(8)3-2-4-7-5;;;;/h2-4,8H,1H3;1H4;2*1H;1H2. The number of hydrogen-bond acceptors (Lipinski definition) is 2. The summed E-state index contributed by atoms with van der Waals surface area (Å²) in [6.45, 7) is 1.76. The molecule has 0 bridgehead atoms.